The molecule has 6 nitrogen and oxygen atoms in total. The van der Waals surface area contributed by atoms with E-state index in [1.165, 1.54) is 50.8 Å². The maximum absolute atomic E-state index is 13.2. The van der Waals surface area contributed by atoms with Crippen molar-refractivity contribution in [3.63, 3.8) is 0 Å². The van der Waals surface area contributed by atoms with E-state index in [9.17, 15) is 4.39 Å². The fourth-order valence-corrected chi connectivity index (χ4v) is 4.47. The highest BCUT2D eigenvalue weighted by molar-refractivity contribution is 5.80. The number of halogens is 1. The molecule has 1 aromatic heterocycles. The van der Waals surface area contributed by atoms with Gasteiger partial charge < -0.3 is 10.6 Å². The molecule has 0 radical (unpaired) electrons. The third-order valence-electron chi connectivity index (χ3n) is 6.16. The largest absolute Gasteiger partial charge is 0.352 e. The van der Waals surface area contributed by atoms with Gasteiger partial charge in [0.15, 0.2) is 5.96 Å². The molecule has 7 heteroatoms. The van der Waals surface area contributed by atoms with E-state index >= 15 is 0 Å². The van der Waals surface area contributed by atoms with Crippen LogP contribution in [0.2, 0.25) is 0 Å². The van der Waals surface area contributed by atoms with Gasteiger partial charge in [0.2, 0.25) is 0 Å². The molecule has 1 aliphatic heterocycles. The van der Waals surface area contributed by atoms with E-state index in [1.807, 2.05) is 20.2 Å². The van der Waals surface area contributed by atoms with Crippen LogP contribution in [-0.4, -0.2) is 52.9 Å². The monoisotopic (exact) mass is 398 g/mol. The molecule has 1 aromatic carbocycles. The van der Waals surface area contributed by atoms with E-state index in [0.717, 1.165) is 35.5 Å². The van der Waals surface area contributed by atoms with Gasteiger partial charge in [-0.2, -0.15) is 5.10 Å². The fraction of sp³-hybridized carbons (Fsp3) is 0.545. The standard InChI is InChI=1S/C22H31FN6/c1-16-17(14-29(27-16)21-9-7-18(23)8-10-21)13-25-22(24-2)26-19-11-12-28(15-19)20-5-3-4-6-20/h7-10,14,19-20H,3-6,11-13,15H2,1-2H3,(H2,24,25,26). The summed E-state index contributed by atoms with van der Waals surface area (Å²) in [5, 5.41) is 11.6. The Bertz CT molecular complexity index is 837. The average Bonchev–Trinajstić information content (AvgIpc) is 3.47. The van der Waals surface area contributed by atoms with Crippen molar-refractivity contribution in [3.8, 4) is 5.69 Å². The van der Waals surface area contributed by atoms with E-state index in [4.69, 9.17) is 0 Å². The predicted molar refractivity (Wildman–Crippen MR) is 114 cm³/mol. The fourth-order valence-electron chi connectivity index (χ4n) is 4.47. The second kappa shape index (κ2) is 8.95. The zero-order valence-electron chi connectivity index (χ0n) is 17.4. The highest BCUT2D eigenvalue weighted by Gasteiger charge is 2.30. The first-order valence-electron chi connectivity index (χ1n) is 10.6. The van der Waals surface area contributed by atoms with Crippen LogP contribution in [0.4, 0.5) is 4.39 Å². The van der Waals surface area contributed by atoms with E-state index in [2.05, 4.69) is 25.6 Å². The van der Waals surface area contributed by atoms with Gasteiger partial charge in [-0.15, -0.1) is 0 Å². The number of likely N-dealkylation sites (tertiary alicyclic amines) is 1. The van der Waals surface area contributed by atoms with Gasteiger partial charge in [0.05, 0.1) is 11.4 Å². The van der Waals surface area contributed by atoms with Crippen LogP contribution >= 0.6 is 0 Å². The maximum atomic E-state index is 13.2. The van der Waals surface area contributed by atoms with Crippen molar-refractivity contribution in [2.75, 3.05) is 20.1 Å². The van der Waals surface area contributed by atoms with Crippen LogP contribution in [-0.2, 0) is 6.54 Å². The Hall–Kier alpha value is -2.41. The summed E-state index contributed by atoms with van der Waals surface area (Å²) in [6.07, 6.45) is 8.63. The van der Waals surface area contributed by atoms with Gasteiger partial charge in [-0.05, 0) is 50.5 Å². The van der Waals surface area contributed by atoms with Crippen molar-refractivity contribution < 1.29 is 4.39 Å². The molecule has 2 aliphatic rings. The number of aryl methyl sites for hydroxylation is 1. The number of aromatic nitrogens is 2. The summed E-state index contributed by atoms with van der Waals surface area (Å²) in [5.74, 6) is 0.588. The second-order valence-corrected chi connectivity index (χ2v) is 8.15. The third kappa shape index (κ3) is 4.78. The minimum Gasteiger partial charge on any atom is -0.352 e. The zero-order valence-corrected chi connectivity index (χ0v) is 17.4. The molecular formula is C22H31FN6. The van der Waals surface area contributed by atoms with Crippen molar-refractivity contribution in [3.05, 3.63) is 47.5 Å². The smallest absolute Gasteiger partial charge is 0.191 e. The van der Waals surface area contributed by atoms with Crippen LogP contribution < -0.4 is 10.6 Å². The summed E-state index contributed by atoms with van der Waals surface area (Å²) in [6.45, 7) is 4.92. The lowest BCUT2D eigenvalue weighted by atomic mass is 10.2. The number of rotatable bonds is 5. The van der Waals surface area contributed by atoms with Crippen LogP contribution in [0.1, 0.15) is 43.4 Å². The van der Waals surface area contributed by atoms with Gasteiger partial charge in [0.25, 0.3) is 0 Å². The maximum Gasteiger partial charge on any atom is 0.191 e. The summed E-state index contributed by atoms with van der Waals surface area (Å²) >= 11 is 0. The molecule has 29 heavy (non-hydrogen) atoms. The first-order valence-corrected chi connectivity index (χ1v) is 10.6. The normalized spacial score (nSPS) is 21.1. The molecule has 0 spiro atoms. The molecule has 1 saturated carbocycles. The van der Waals surface area contributed by atoms with Crippen molar-refractivity contribution >= 4 is 5.96 Å². The van der Waals surface area contributed by atoms with Gasteiger partial charge in [0.1, 0.15) is 5.82 Å². The summed E-state index contributed by atoms with van der Waals surface area (Å²) in [5.41, 5.74) is 2.89. The Balaban J connectivity index is 1.31. The lowest BCUT2D eigenvalue weighted by molar-refractivity contribution is 0.242. The predicted octanol–water partition coefficient (Wildman–Crippen LogP) is 3.00. The quantitative estimate of drug-likeness (QED) is 0.601. The molecule has 0 bridgehead atoms. The molecule has 4 rings (SSSR count). The Morgan fingerprint density at radius 2 is 1.97 bits per heavy atom. The number of nitrogens with one attached hydrogen (secondary N) is 2. The van der Waals surface area contributed by atoms with Gasteiger partial charge >= 0.3 is 0 Å². The van der Waals surface area contributed by atoms with Crippen molar-refractivity contribution in [1.29, 1.82) is 0 Å². The molecule has 1 saturated heterocycles. The number of hydrogen-bond donors (Lipinski definition) is 2. The van der Waals surface area contributed by atoms with Crippen molar-refractivity contribution in [1.82, 2.24) is 25.3 Å². The minimum absolute atomic E-state index is 0.243. The number of nitrogens with zero attached hydrogens (tertiary/aromatic N) is 4. The van der Waals surface area contributed by atoms with E-state index < -0.39 is 0 Å². The Labute approximate surface area is 172 Å². The average molecular weight is 399 g/mol. The molecule has 2 fully saturated rings. The summed E-state index contributed by atoms with van der Waals surface area (Å²) < 4.78 is 14.9. The number of guanidine groups is 1. The number of hydrogen-bond acceptors (Lipinski definition) is 3. The third-order valence-corrected chi connectivity index (χ3v) is 6.16. The lowest BCUT2D eigenvalue weighted by Crippen LogP contribution is -2.45. The SMILES string of the molecule is CN=C(NCc1cn(-c2ccc(F)cc2)nc1C)NC1CCN(C2CCCC2)C1. The van der Waals surface area contributed by atoms with E-state index in [1.54, 1.807) is 16.8 Å². The lowest BCUT2D eigenvalue weighted by Gasteiger charge is -2.24. The molecule has 1 aliphatic carbocycles. The summed E-state index contributed by atoms with van der Waals surface area (Å²) in [4.78, 5) is 7.05. The van der Waals surface area contributed by atoms with Crippen LogP contribution in [0, 0.1) is 12.7 Å². The Morgan fingerprint density at radius 3 is 2.69 bits per heavy atom. The topological polar surface area (TPSA) is 57.5 Å². The van der Waals surface area contributed by atoms with Crippen molar-refractivity contribution in [2.24, 2.45) is 4.99 Å². The van der Waals surface area contributed by atoms with E-state index in [-0.39, 0.29) is 5.82 Å². The van der Waals surface area contributed by atoms with E-state index in [0.29, 0.717) is 12.6 Å². The van der Waals surface area contributed by atoms with Gasteiger partial charge in [-0.3, -0.25) is 9.89 Å². The Kier molecular flexibility index (Phi) is 6.13. The first kappa shape index (κ1) is 19.9. The molecule has 0 amide bonds. The van der Waals surface area contributed by atoms with Crippen LogP contribution in [0.3, 0.4) is 0 Å². The molecule has 156 valence electrons. The first-order chi connectivity index (χ1) is 14.1. The highest BCUT2D eigenvalue weighted by Crippen LogP contribution is 2.26. The molecule has 2 N–H and O–H groups in total. The summed E-state index contributed by atoms with van der Waals surface area (Å²) in [7, 11) is 1.81. The molecular weight excluding hydrogens is 367 g/mol. The van der Waals surface area contributed by atoms with Gasteiger partial charge in [0, 0.05) is 50.5 Å². The van der Waals surface area contributed by atoms with Crippen LogP contribution in [0.15, 0.2) is 35.5 Å². The molecule has 1 unspecified atom stereocenters. The Morgan fingerprint density at radius 1 is 1.21 bits per heavy atom. The molecule has 2 aromatic rings. The number of benzene rings is 1. The minimum atomic E-state index is -0.243. The molecule has 2 heterocycles. The van der Waals surface area contributed by atoms with Gasteiger partial charge in [-0.25, -0.2) is 9.07 Å². The van der Waals surface area contributed by atoms with Crippen LogP contribution in [0.25, 0.3) is 5.69 Å². The highest BCUT2D eigenvalue weighted by atomic mass is 19.1. The van der Waals surface area contributed by atoms with Gasteiger partial charge in [-0.1, -0.05) is 12.8 Å². The summed E-state index contributed by atoms with van der Waals surface area (Å²) in [6, 6.07) is 7.60. The van der Waals surface area contributed by atoms with Crippen molar-refractivity contribution in [2.45, 2.75) is 57.7 Å². The zero-order chi connectivity index (χ0) is 20.2. The molecule has 1 atom stereocenters. The number of aliphatic imine (C=N–C) groups is 1. The second-order valence-electron chi connectivity index (χ2n) is 8.15. The van der Waals surface area contributed by atoms with Crippen LogP contribution in [0.5, 0.6) is 0 Å².